The van der Waals surface area contributed by atoms with Gasteiger partial charge in [0.15, 0.2) is 0 Å². The third-order valence-corrected chi connectivity index (χ3v) is 6.03. The van der Waals surface area contributed by atoms with Gasteiger partial charge in [-0.3, -0.25) is 14.5 Å². The van der Waals surface area contributed by atoms with E-state index in [2.05, 4.69) is 4.98 Å². The Morgan fingerprint density at radius 1 is 1.13 bits per heavy atom. The first kappa shape index (κ1) is 21.2. The number of aliphatic hydroxyl groups is 1. The molecule has 0 spiro atoms. The monoisotopic (exact) mass is 422 g/mol. The van der Waals surface area contributed by atoms with Crippen LogP contribution in [-0.2, 0) is 17.8 Å². The summed E-state index contributed by atoms with van der Waals surface area (Å²) >= 11 is 0. The molecule has 162 valence electrons. The van der Waals surface area contributed by atoms with Crippen molar-refractivity contribution in [2.75, 3.05) is 7.05 Å². The van der Waals surface area contributed by atoms with E-state index in [1.165, 1.54) is 12.1 Å². The van der Waals surface area contributed by atoms with Crippen LogP contribution in [0.2, 0.25) is 0 Å². The molecule has 1 fully saturated rings. The Morgan fingerprint density at radius 2 is 1.81 bits per heavy atom. The molecule has 7 heteroatoms. The van der Waals surface area contributed by atoms with Crippen LogP contribution in [-0.4, -0.2) is 49.9 Å². The first-order chi connectivity index (χ1) is 15.0. The molecule has 0 radical (unpaired) electrons. The van der Waals surface area contributed by atoms with Gasteiger partial charge in [0.05, 0.1) is 11.8 Å². The molecule has 6 nitrogen and oxygen atoms in total. The van der Waals surface area contributed by atoms with E-state index in [4.69, 9.17) is 5.10 Å². The number of carbonyl (C=O) groups is 1. The van der Waals surface area contributed by atoms with Crippen molar-refractivity contribution in [3.8, 4) is 11.3 Å². The zero-order valence-electron chi connectivity index (χ0n) is 17.6. The number of carbonyl (C=O) groups excluding carboxylic acids is 1. The summed E-state index contributed by atoms with van der Waals surface area (Å²) in [7, 11) is 1.83. The van der Waals surface area contributed by atoms with Crippen LogP contribution in [0, 0.1) is 5.82 Å². The number of rotatable bonds is 6. The maximum absolute atomic E-state index is 13.3. The normalized spacial score (nSPS) is 18.7. The molecular weight excluding hydrogens is 395 g/mol. The Hall–Kier alpha value is -3.06. The molecule has 2 aromatic heterocycles. The molecule has 1 aliphatic rings. The van der Waals surface area contributed by atoms with Crippen molar-refractivity contribution in [1.82, 2.24) is 19.7 Å². The summed E-state index contributed by atoms with van der Waals surface area (Å²) < 4.78 is 15.0. The van der Waals surface area contributed by atoms with Crippen LogP contribution < -0.4 is 0 Å². The van der Waals surface area contributed by atoms with Crippen LogP contribution in [0.4, 0.5) is 4.39 Å². The van der Waals surface area contributed by atoms with Crippen molar-refractivity contribution in [3.05, 3.63) is 71.9 Å². The number of benzene rings is 1. The van der Waals surface area contributed by atoms with Crippen molar-refractivity contribution >= 4 is 5.91 Å². The van der Waals surface area contributed by atoms with Gasteiger partial charge in [-0.15, -0.1) is 0 Å². The fourth-order valence-electron chi connectivity index (χ4n) is 4.10. The Labute approximate surface area is 181 Å². The average Bonchev–Trinajstić information content (AvgIpc) is 3.18. The van der Waals surface area contributed by atoms with Crippen LogP contribution in [0.15, 0.2) is 54.9 Å². The molecule has 1 saturated carbocycles. The number of hydrogen-bond donors (Lipinski definition) is 1. The molecule has 1 amide bonds. The minimum Gasteiger partial charge on any atom is -0.393 e. The van der Waals surface area contributed by atoms with Gasteiger partial charge >= 0.3 is 0 Å². The van der Waals surface area contributed by atoms with Gasteiger partial charge in [-0.2, -0.15) is 5.10 Å². The third-order valence-electron chi connectivity index (χ3n) is 6.03. The SMILES string of the molecule is CN(C(=O)Cn1nc(-c2ccncc2)cc1Cc1ccc(F)cc1)[C@H]1CC[C@@H](O)CC1. The summed E-state index contributed by atoms with van der Waals surface area (Å²) in [5.41, 5.74) is 3.54. The van der Waals surface area contributed by atoms with E-state index in [-0.39, 0.29) is 30.4 Å². The van der Waals surface area contributed by atoms with Gasteiger partial charge in [-0.1, -0.05) is 12.1 Å². The van der Waals surface area contributed by atoms with Crippen molar-refractivity contribution < 1.29 is 14.3 Å². The van der Waals surface area contributed by atoms with E-state index in [9.17, 15) is 14.3 Å². The van der Waals surface area contributed by atoms with E-state index in [0.29, 0.717) is 6.42 Å². The molecule has 0 bridgehead atoms. The largest absolute Gasteiger partial charge is 0.393 e. The Balaban J connectivity index is 1.56. The van der Waals surface area contributed by atoms with Gasteiger partial charge < -0.3 is 10.0 Å². The topological polar surface area (TPSA) is 71.2 Å². The van der Waals surface area contributed by atoms with Crippen molar-refractivity contribution in [2.45, 2.75) is 50.8 Å². The number of nitrogens with zero attached hydrogens (tertiary/aromatic N) is 4. The Kier molecular flexibility index (Phi) is 6.42. The molecule has 1 aromatic carbocycles. The molecule has 4 rings (SSSR count). The minimum atomic E-state index is -0.274. The quantitative estimate of drug-likeness (QED) is 0.661. The van der Waals surface area contributed by atoms with Gasteiger partial charge in [0.1, 0.15) is 12.4 Å². The lowest BCUT2D eigenvalue weighted by molar-refractivity contribution is -0.133. The molecular formula is C24H27FN4O2. The average molecular weight is 423 g/mol. The number of amides is 1. The van der Waals surface area contributed by atoms with E-state index < -0.39 is 0 Å². The predicted octanol–water partition coefficient (Wildman–Crippen LogP) is 3.44. The number of likely N-dealkylation sites (N-methyl/N-ethyl adjacent to an activating group) is 1. The predicted molar refractivity (Wildman–Crippen MR) is 116 cm³/mol. The Morgan fingerprint density at radius 3 is 2.48 bits per heavy atom. The standard InChI is InChI=1S/C24H27FN4O2/c1-28(20-6-8-22(30)9-7-20)24(31)16-29-21(14-17-2-4-19(25)5-3-17)15-23(27-29)18-10-12-26-13-11-18/h2-5,10-13,15,20,22,30H,6-9,14,16H2,1H3/t20-,22+. The van der Waals surface area contributed by atoms with E-state index >= 15 is 0 Å². The number of aromatic nitrogens is 3. The first-order valence-electron chi connectivity index (χ1n) is 10.6. The van der Waals surface area contributed by atoms with Crippen LogP contribution in [0.5, 0.6) is 0 Å². The summed E-state index contributed by atoms with van der Waals surface area (Å²) in [6.45, 7) is 0.136. The second-order valence-electron chi connectivity index (χ2n) is 8.18. The minimum absolute atomic E-state index is 0.00822. The van der Waals surface area contributed by atoms with Gasteiger partial charge in [0, 0.05) is 43.2 Å². The highest BCUT2D eigenvalue weighted by atomic mass is 19.1. The lowest BCUT2D eigenvalue weighted by atomic mass is 9.92. The molecule has 1 N–H and O–H groups in total. The van der Waals surface area contributed by atoms with Crippen LogP contribution >= 0.6 is 0 Å². The zero-order chi connectivity index (χ0) is 21.8. The van der Waals surface area contributed by atoms with Crippen LogP contribution in [0.25, 0.3) is 11.3 Å². The zero-order valence-corrected chi connectivity index (χ0v) is 17.6. The van der Waals surface area contributed by atoms with Crippen molar-refractivity contribution in [3.63, 3.8) is 0 Å². The lowest BCUT2D eigenvalue weighted by Crippen LogP contribution is -2.42. The molecule has 0 atom stereocenters. The smallest absolute Gasteiger partial charge is 0.244 e. The van der Waals surface area contributed by atoms with E-state index in [0.717, 1.165) is 48.2 Å². The van der Waals surface area contributed by atoms with E-state index in [1.54, 1.807) is 34.1 Å². The highest BCUT2D eigenvalue weighted by molar-refractivity contribution is 5.76. The van der Waals surface area contributed by atoms with Crippen LogP contribution in [0.3, 0.4) is 0 Å². The molecule has 0 aliphatic heterocycles. The summed E-state index contributed by atoms with van der Waals surface area (Å²) in [6, 6.07) is 12.3. The number of aliphatic hydroxyl groups excluding tert-OH is 1. The van der Waals surface area contributed by atoms with Gasteiger partial charge in [0.2, 0.25) is 5.91 Å². The second kappa shape index (κ2) is 9.39. The second-order valence-corrected chi connectivity index (χ2v) is 8.18. The van der Waals surface area contributed by atoms with Gasteiger partial charge in [-0.05, 0) is 61.6 Å². The summed E-state index contributed by atoms with van der Waals surface area (Å²) in [5, 5.41) is 14.4. The van der Waals surface area contributed by atoms with Gasteiger partial charge in [-0.25, -0.2) is 4.39 Å². The summed E-state index contributed by atoms with van der Waals surface area (Å²) in [4.78, 5) is 18.9. The molecule has 0 saturated heterocycles. The fraction of sp³-hybridized carbons (Fsp3) is 0.375. The molecule has 31 heavy (non-hydrogen) atoms. The molecule has 1 aliphatic carbocycles. The third kappa shape index (κ3) is 5.17. The molecule has 3 aromatic rings. The van der Waals surface area contributed by atoms with E-state index in [1.807, 2.05) is 25.2 Å². The summed E-state index contributed by atoms with van der Waals surface area (Å²) in [5.74, 6) is -0.282. The fourth-order valence-corrected chi connectivity index (χ4v) is 4.10. The number of hydrogen-bond acceptors (Lipinski definition) is 4. The number of pyridine rings is 1. The number of halogens is 1. The van der Waals surface area contributed by atoms with Crippen LogP contribution in [0.1, 0.15) is 36.9 Å². The lowest BCUT2D eigenvalue weighted by Gasteiger charge is -2.33. The first-order valence-corrected chi connectivity index (χ1v) is 10.6. The molecule has 0 unspecified atom stereocenters. The van der Waals surface area contributed by atoms with Crippen molar-refractivity contribution in [1.29, 1.82) is 0 Å². The maximum atomic E-state index is 13.3. The highest BCUT2D eigenvalue weighted by Gasteiger charge is 2.26. The summed E-state index contributed by atoms with van der Waals surface area (Å²) in [6.07, 6.45) is 6.80. The van der Waals surface area contributed by atoms with Gasteiger partial charge in [0.25, 0.3) is 0 Å². The highest BCUT2D eigenvalue weighted by Crippen LogP contribution is 2.24. The molecule has 2 heterocycles. The Bertz CT molecular complexity index is 1010. The maximum Gasteiger partial charge on any atom is 0.244 e. The van der Waals surface area contributed by atoms with Crippen molar-refractivity contribution in [2.24, 2.45) is 0 Å².